The molecular weight excluding hydrogens is 464 g/mol. The van der Waals surface area contributed by atoms with E-state index in [0.717, 1.165) is 34.1 Å². The van der Waals surface area contributed by atoms with Gasteiger partial charge < -0.3 is 9.80 Å². The average molecular weight is 482 g/mol. The van der Waals surface area contributed by atoms with Crippen LogP contribution in [-0.4, -0.2) is 86.0 Å². The lowest BCUT2D eigenvalue weighted by Gasteiger charge is -2.35. The van der Waals surface area contributed by atoms with Crippen molar-refractivity contribution in [3.05, 3.63) is 41.5 Å². The molecule has 2 saturated heterocycles. The third-order valence-corrected chi connectivity index (χ3v) is 5.58. The number of hydrogen-bond acceptors (Lipinski definition) is 6. The Hall–Kier alpha value is -3.84. The second-order valence-electron chi connectivity index (χ2n) is 7.72. The van der Waals surface area contributed by atoms with E-state index in [0.29, 0.717) is 4.68 Å². The Labute approximate surface area is 189 Å². The van der Waals surface area contributed by atoms with Crippen molar-refractivity contribution in [1.29, 1.82) is 0 Å². The normalized spacial score (nSPS) is 17.0. The smallest absolute Gasteiger partial charge is 0.338 e. The van der Waals surface area contributed by atoms with Crippen LogP contribution >= 0.6 is 0 Å². The lowest BCUT2D eigenvalue weighted by Crippen LogP contribution is -2.53. The maximum Gasteiger partial charge on any atom is 0.435 e. The summed E-state index contributed by atoms with van der Waals surface area (Å²) in [7, 11) is 0. The van der Waals surface area contributed by atoms with Gasteiger partial charge in [-0.05, 0) is 24.3 Å². The van der Waals surface area contributed by atoms with Crippen molar-refractivity contribution in [3.63, 3.8) is 0 Å². The molecule has 14 heteroatoms. The van der Waals surface area contributed by atoms with Crippen molar-refractivity contribution in [1.82, 2.24) is 29.7 Å². The number of rotatable bonds is 4. The first kappa shape index (κ1) is 23.3. The summed E-state index contributed by atoms with van der Waals surface area (Å²) < 4.78 is 55.0. The van der Waals surface area contributed by atoms with Crippen LogP contribution in [0.1, 0.15) is 29.0 Å². The van der Waals surface area contributed by atoms with Crippen LogP contribution in [0.4, 0.5) is 17.6 Å². The number of amides is 4. The Kier molecular flexibility index (Phi) is 6.06. The maximum absolute atomic E-state index is 13.8. The fraction of sp³-hybridized carbons (Fsp3) is 0.400. The van der Waals surface area contributed by atoms with Crippen LogP contribution < -0.4 is 0 Å². The molecule has 2 aromatic rings. The minimum atomic E-state index is -4.98. The lowest BCUT2D eigenvalue weighted by molar-refractivity contribution is -0.146. The number of benzene rings is 1. The number of halogens is 4. The largest absolute Gasteiger partial charge is 0.435 e. The molecule has 0 atom stereocenters. The molecule has 2 aliphatic rings. The zero-order chi connectivity index (χ0) is 24.6. The standard InChI is InChI=1S/C20H18F4N6O4/c21-12-1-3-13(4-2-12)30-18(20(22,23)24)17(25-26-30)19(34)28-9-7-27(8-10-28)16(33)11-29-14(31)5-6-15(29)32/h1-4H,5-11H2. The number of nitrogens with zero attached hydrogens (tertiary/aromatic N) is 6. The predicted octanol–water partition coefficient (Wildman–Crippen LogP) is 0.859. The maximum atomic E-state index is 13.8. The molecule has 4 amide bonds. The Bertz CT molecular complexity index is 1120. The number of carbonyl (C=O) groups is 4. The summed E-state index contributed by atoms with van der Waals surface area (Å²) >= 11 is 0. The van der Waals surface area contributed by atoms with Crippen LogP contribution in [0.15, 0.2) is 24.3 Å². The van der Waals surface area contributed by atoms with Gasteiger partial charge in [0.25, 0.3) is 5.91 Å². The molecule has 0 radical (unpaired) electrons. The zero-order valence-electron chi connectivity index (χ0n) is 17.6. The minimum absolute atomic E-state index is 0.00818. The van der Waals surface area contributed by atoms with E-state index in [9.17, 15) is 36.7 Å². The van der Waals surface area contributed by atoms with Gasteiger partial charge in [-0.3, -0.25) is 24.1 Å². The predicted molar refractivity (Wildman–Crippen MR) is 105 cm³/mol. The van der Waals surface area contributed by atoms with E-state index >= 15 is 0 Å². The van der Waals surface area contributed by atoms with E-state index in [1.807, 2.05) is 0 Å². The summed E-state index contributed by atoms with van der Waals surface area (Å²) in [5.41, 5.74) is -2.43. The number of piperazine rings is 1. The van der Waals surface area contributed by atoms with Crippen molar-refractivity contribution in [2.75, 3.05) is 32.7 Å². The molecule has 0 bridgehead atoms. The van der Waals surface area contributed by atoms with Crippen LogP contribution in [0, 0.1) is 5.82 Å². The first-order valence-corrected chi connectivity index (χ1v) is 10.3. The number of hydrogen-bond donors (Lipinski definition) is 0. The lowest BCUT2D eigenvalue weighted by atomic mass is 10.2. The van der Waals surface area contributed by atoms with Gasteiger partial charge in [-0.2, -0.15) is 13.2 Å². The van der Waals surface area contributed by atoms with Crippen LogP contribution in [0.3, 0.4) is 0 Å². The number of likely N-dealkylation sites (tertiary alicyclic amines) is 1. The molecule has 3 heterocycles. The minimum Gasteiger partial charge on any atom is -0.338 e. The van der Waals surface area contributed by atoms with Crippen LogP contribution in [0.2, 0.25) is 0 Å². The van der Waals surface area contributed by atoms with Crippen molar-refractivity contribution in [2.24, 2.45) is 0 Å². The molecular formula is C20H18F4N6O4. The quantitative estimate of drug-likeness (QED) is 0.473. The van der Waals surface area contributed by atoms with Gasteiger partial charge in [-0.25, -0.2) is 9.07 Å². The van der Waals surface area contributed by atoms with Gasteiger partial charge in [0.15, 0.2) is 11.4 Å². The van der Waals surface area contributed by atoms with Gasteiger partial charge in [0, 0.05) is 39.0 Å². The molecule has 0 unspecified atom stereocenters. The van der Waals surface area contributed by atoms with Gasteiger partial charge in [0.1, 0.15) is 12.4 Å². The Morgan fingerprint density at radius 1 is 0.912 bits per heavy atom. The monoisotopic (exact) mass is 482 g/mol. The van der Waals surface area contributed by atoms with Gasteiger partial charge in [0.2, 0.25) is 17.7 Å². The highest BCUT2D eigenvalue weighted by Gasteiger charge is 2.43. The summed E-state index contributed by atoms with van der Waals surface area (Å²) in [6.45, 7) is -0.543. The van der Waals surface area contributed by atoms with E-state index in [2.05, 4.69) is 10.3 Å². The highest BCUT2D eigenvalue weighted by Crippen LogP contribution is 2.33. The molecule has 4 rings (SSSR count). The molecule has 10 nitrogen and oxygen atoms in total. The number of aromatic nitrogens is 3. The fourth-order valence-electron chi connectivity index (χ4n) is 3.79. The van der Waals surface area contributed by atoms with E-state index in [-0.39, 0.29) is 44.7 Å². The number of imide groups is 1. The van der Waals surface area contributed by atoms with Crippen LogP contribution in [0.25, 0.3) is 5.69 Å². The summed E-state index contributed by atoms with van der Waals surface area (Å²) in [4.78, 5) is 52.0. The number of alkyl halides is 3. The molecule has 0 saturated carbocycles. The van der Waals surface area contributed by atoms with Crippen LogP contribution in [-0.2, 0) is 20.6 Å². The molecule has 2 aliphatic heterocycles. The van der Waals surface area contributed by atoms with Crippen molar-refractivity contribution in [2.45, 2.75) is 19.0 Å². The second kappa shape index (κ2) is 8.83. The molecule has 0 spiro atoms. The first-order valence-electron chi connectivity index (χ1n) is 10.3. The molecule has 1 aromatic carbocycles. The highest BCUT2D eigenvalue weighted by atomic mass is 19.4. The first-order chi connectivity index (χ1) is 16.1. The summed E-state index contributed by atoms with van der Waals surface area (Å²) in [5.74, 6) is -3.03. The highest BCUT2D eigenvalue weighted by molar-refractivity contribution is 6.04. The third kappa shape index (κ3) is 4.47. The Morgan fingerprint density at radius 2 is 1.47 bits per heavy atom. The second-order valence-corrected chi connectivity index (χ2v) is 7.72. The van der Waals surface area contributed by atoms with Gasteiger partial charge in [0.05, 0.1) is 5.69 Å². The van der Waals surface area contributed by atoms with E-state index in [1.54, 1.807) is 0 Å². The molecule has 0 aliphatic carbocycles. The van der Waals surface area contributed by atoms with E-state index in [4.69, 9.17) is 0 Å². The van der Waals surface area contributed by atoms with Crippen molar-refractivity contribution in [3.8, 4) is 5.69 Å². The van der Waals surface area contributed by atoms with Gasteiger partial charge >= 0.3 is 6.18 Å². The van der Waals surface area contributed by atoms with Gasteiger partial charge in [-0.1, -0.05) is 5.21 Å². The fourth-order valence-corrected chi connectivity index (χ4v) is 3.79. The molecule has 2 fully saturated rings. The molecule has 34 heavy (non-hydrogen) atoms. The van der Waals surface area contributed by atoms with Crippen molar-refractivity contribution < 1.29 is 36.7 Å². The van der Waals surface area contributed by atoms with E-state index in [1.165, 1.54) is 4.90 Å². The Morgan fingerprint density at radius 3 is 2.03 bits per heavy atom. The summed E-state index contributed by atoms with van der Waals surface area (Å²) in [6, 6.07) is 4.07. The average Bonchev–Trinajstić information content (AvgIpc) is 3.38. The summed E-state index contributed by atoms with van der Waals surface area (Å²) in [5, 5.41) is 6.90. The zero-order valence-corrected chi connectivity index (χ0v) is 17.6. The van der Waals surface area contributed by atoms with Gasteiger partial charge in [-0.15, -0.1) is 5.10 Å². The Balaban J connectivity index is 1.47. The molecule has 1 aromatic heterocycles. The van der Waals surface area contributed by atoms with E-state index < -0.39 is 53.6 Å². The third-order valence-electron chi connectivity index (χ3n) is 5.58. The number of carbonyl (C=O) groups excluding carboxylic acids is 4. The summed E-state index contributed by atoms with van der Waals surface area (Å²) in [6.07, 6.45) is -4.88. The molecule has 0 N–H and O–H groups in total. The topological polar surface area (TPSA) is 109 Å². The molecule has 180 valence electrons. The van der Waals surface area contributed by atoms with Crippen molar-refractivity contribution >= 4 is 23.6 Å². The van der Waals surface area contributed by atoms with Crippen LogP contribution in [0.5, 0.6) is 0 Å². The SMILES string of the molecule is O=C(CN1C(=O)CCC1=O)N1CCN(C(=O)c2nnn(-c3ccc(F)cc3)c2C(F)(F)F)CC1.